The minimum atomic E-state index is -5.73. The largest absolute Gasteiger partial charge is 0.615 e. The number of halogens is 14. The molecule has 0 spiro atoms. The fourth-order valence-electron chi connectivity index (χ4n) is 4.49. The molecule has 48 heavy (non-hydrogen) atoms. The number of hydrogen-bond donors (Lipinski definition) is 2. The van der Waals surface area contributed by atoms with Crippen molar-refractivity contribution in [2.24, 2.45) is 0 Å². The maximum Gasteiger partial charge on any atom is 0.453 e. The first-order chi connectivity index (χ1) is 21.7. The molecule has 0 aliphatic carbocycles. The van der Waals surface area contributed by atoms with Crippen LogP contribution in [0.25, 0.3) is 11.4 Å². The van der Waals surface area contributed by atoms with Crippen molar-refractivity contribution in [1.82, 2.24) is 29.5 Å². The Morgan fingerprint density at radius 2 is 0.958 bits per heavy atom. The Morgan fingerprint density at radius 1 is 0.646 bits per heavy atom. The summed E-state index contributed by atoms with van der Waals surface area (Å²) in [6.07, 6.45) is -21.8. The van der Waals surface area contributed by atoms with E-state index in [0.29, 0.717) is 12.1 Å². The van der Waals surface area contributed by atoms with Gasteiger partial charge in [-0.05, 0) is 60.4 Å². The maximum atomic E-state index is 14.7. The zero-order chi connectivity index (χ0) is 36.5. The van der Waals surface area contributed by atoms with E-state index in [9.17, 15) is 57.2 Å². The predicted molar refractivity (Wildman–Crippen MR) is 147 cm³/mol. The monoisotopic (exact) mass is 762 g/mol. The molecule has 2 aromatic heterocycles. The molecule has 0 fully saturated rings. The van der Waals surface area contributed by atoms with E-state index in [1.54, 1.807) is 0 Å². The molecule has 9 nitrogen and oxygen atoms in total. The van der Waals surface area contributed by atoms with Crippen LogP contribution < -0.4 is 11.5 Å². The van der Waals surface area contributed by atoms with Gasteiger partial charge in [-0.15, -0.1) is 10.2 Å². The minimum Gasteiger partial charge on any atom is -0.615 e. The Balaban J connectivity index is 1.94. The lowest BCUT2D eigenvalue weighted by atomic mass is 10.0. The molecule has 2 aromatic carbocycles. The summed E-state index contributed by atoms with van der Waals surface area (Å²) in [4.78, 5) is 5.95. The molecule has 0 saturated carbocycles. The van der Waals surface area contributed by atoms with E-state index in [1.807, 2.05) is 0 Å². The molecule has 0 amide bonds. The van der Waals surface area contributed by atoms with Gasteiger partial charge in [-0.2, -0.15) is 72.0 Å². The normalized spacial score (nSPS) is 15.1. The average Bonchev–Trinajstić information content (AvgIpc) is 3.48. The molecule has 4 N–H and O–H groups in total. The topological polar surface area (TPSA) is 137 Å². The van der Waals surface area contributed by atoms with Crippen molar-refractivity contribution in [3.63, 3.8) is 0 Å². The summed E-state index contributed by atoms with van der Waals surface area (Å²) < 4.78 is 181. The highest BCUT2D eigenvalue weighted by atomic mass is 35.5. The van der Waals surface area contributed by atoms with E-state index in [-0.39, 0.29) is 9.36 Å². The second kappa shape index (κ2) is 12.4. The van der Waals surface area contributed by atoms with E-state index in [0.717, 1.165) is 26.0 Å². The van der Waals surface area contributed by atoms with Gasteiger partial charge in [0.05, 0.1) is 21.4 Å². The molecule has 0 aliphatic rings. The molecule has 4 rings (SSSR count). The number of nitrogens with zero attached hydrogens (tertiary/aromatic N) is 6. The van der Waals surface area contributed by atoms with Gasteiger partial charge >= 0.3 is 24.7 Å². The molecule has 0 aliphatic heterocycles. The molecule has 0 saturated heterocycles. The SMILES string of the molecule is Cc1cc(Cl)c(-n2nc(C(F)(F)F)nc2N)cc1C([S+]([O-])C(c1cc(-n2nc(C(F)(F)F)nc2N)c(Cl)cc1C)C(F)(F)F)C(F)(F)F. The van der Waals surface area contributed by atoms with E-state index < -0.39 is 114 Å². The quantitative estimate of drug-likeness (QED) is 0.152. The maximum absolute atomic E-state index is 14.7. The first-order valence-corrected chi connectivity index (χ1v) is 14.5. The van der Waals surface area contributed by atoms with Crippen LogP contribution in [0.5, 0.6) is 0 Å². The average molecular weight is 763 g/mol. The van der Waals surface area contributed by atoms with Crippen molar-refractivity contribution in [3.8, 4) is 11.4 Å². The van der Waals surface area contributed by atoms with Crippen molar-refractivity contribution >= 4 is 46.3 Å². The fraction of sp³-hybridized carbons (Fsp3) is 0.333. The second-order valence-electron chi connectivity index (χ2n) is 9.90. The Kier molecular flexibility index (Phi) is 9.58. The summed E-state index contributed by atoms with van der Waals surface area (Å²) in [5.74, 6) is -5.67. The number of rotatable bonds is 6. The van der Waals surface area contributed by atoms with E-state index in [4.69, 9.17) is 34.7 Å². The van der Waals surface area contributed by atoms with Crippen molar-refractivity contribution in [2.45, 2.75) is 49.1 Å². The summed E-state index contributed by atoms with van der Waals surface area (Å²) in [5, 5.41) is -1.95. The molecular formula is C24H16Cl2F12N8OS. The van der Waals surface area contributed by atoms with Crippen molar-refractivity contribution in [3.05, 3.63) is 68.2 Å². The number of aryl methyl sites for hydroxylation is 2. The molecule has 4 aromatic rings. The highest BCUT2D eigenvalue weighted by molar-refractivity contribution is 7.92. The van der Waals surface area contributed by atoms with Crippen LogP contribution in [-0.4, -0.2) is 46.4 Å². The van der Waals surface area contributed by atoms with Gasteiger partial charge in [-0.1, -0.05) is 23.2 Å². The molecule has 262 valence electrons. The van der Waals surface area contributed by atoms with Crippen molar-refractivity contribution < 1.29 is 57.2 Å². The fourth-order valence-corrected chi connectivity index (χ4v) is 6.89. The van der Waals surface area contributed by atoms with Gasteiger partial charge in [0.2, 0.25) is 22.4 Å². The molecule has 24 heteroatoms. The van der Waals surface area contributed by atoms with Crippen LogP contribution >= 0.6 is 23.2 Å². The van der Waals surface area contributed by atoms with Gasteiger partial charge in [-0.25, -0.2) is 0 Å². The highest BCUT2D eigenvalue weighted by Gasteiger charge is 2.60. The first kappa shape index (κ1) is 37.2. The van der Waals surface area contributed by atoms with Crippen LogP contribution in [0.15, 0.2) is 24.3 Å². The molecule has 0 radical (unpaired) electrons. The number of nitrogens with two attached hydrogens (primary N) is 2. The van der Waals surface area contributed by atoms with Gasteiger partial charge in [-0.3, -0.25) is 0 Å². The first-order valence-electron chi connectivity index (χ1n) is 12.5. The van der Waals surface area contributed by atoms with Gasteiger partial charge < -0.3 is 16.0 Å². The highest BCUT2D eigenvalue weighted by Crippen LogP contribution is 2.52. The lowest BCUT2D eigenvalue weighted by molar-refractivity contribution is -0.145. The number of alkyl halides is 12. The van der Waals surface area contributed by atoms with Crippen LogP contribution in [0.2, 0.25) is 10.0 Å². The molecular weight excluding hydrogens is 747 g/mol. The van der Waals surface area contributed by atoms with Gasteiger partial charge in [0.25, 0.3) is 11.6 Å². The number of anilines is 2. The molecule has 2 unspecified atom stereocenters. The Morgan fingerprint density at radius 3 is 1.21 bits per heavy atom. The van der Waals surface area contributed by atoms with Crippen molar-refractivity contribution in [2.75, 3.05) is 11.5 Å². The molecule has 0 bridgehead atoms. The van der Waals surface area contributed by atoms with Crippen LogP contribution in [0.4, 0.5) is 64.6 Å². The minimum absolute atomic E-state index is 0.193. The smallest absolute Gasteiger partial charge is 0.453 e. The lowest BCUT2D eigenvalue weighted by Gasteiger charge is -2.32. The number of hydrogen-bond acceptors (Lipinski definition) is 7. The Hall–Kier alpha value is -3.63. The third-order valence-corrected chi connectivity index (χ3v) is 9.10. The van der Waals surface area contributed by atoms with E-state index in [1.165, 1.54) is 0 Å². The van der Waals surface area contributed by atoms with Crippen LogP contribution in [0.1, 0.15) is 44.4 Å². The Labute approximate surface area is 273 Å². The molecule has 2 heterocycles. The summed E-state index contributed by atoms with van der Waals surface area (Å²) in [7, 11) is 0. The summed E-state index contributed by atoms with van der Waals surface area (Å²) >= 11 is 8.01. The number of nitrogen functional groups attached to an aromatic ring is 2. The third kappa shape index (κ3) is 7.20. The van der Waals surface area contributed by atoms with Crippen LogP contribution in [0, 0.1) is 13.8 Å². The van der Waals surface area contributed by atoms with E-state index >= 15 is 0 Å². The number of aromatic nitrogens is 6. The molecule has 2 atom stereocenters. The van der Waals surface area contributed by atoms with Crippen LogP contribution in [0.3, 0.4) is 0 Å². The summed E-state index contributed by atoms with van der Waals surface area (Å²) in [5.41, 5.74) is 6.15. The van der Waals surface area contributed by atoms with Gasteiger partial charge in [0.15, 0.2) is 0 Å². The van der Waals surface area contributed by atoms with Gasteiger partial charge in [0.1, 0.15) is 0 Å². The summed E-state index contributed by atoms with van der Waals surface area (Å²) in [6, 6.07) is 2.33. The van der Waals surface area contributed by atoms with Crippen molar-refractivity contribution in [1.29, 1.82) is 0 Å². The predicted octanol–water partition coefficient (Wildman–Crippen LogP) is 7.63. The summed E-state index contributed by atoms with van der Waals surface area (Å²) in [6.45, 7) is 1.90. The second-order valence-corrected chi connectivity index (χ2v) is 12.3. The van der Waals surface area contributed by atoms with E-state index in [2.05, 4.69) is 20.2 Å². The third-order valence-electron chi connectivity index (χ3n) is 6.52. The van der Waals surface area contributed by atoms with Gasteiger partial charge in [0, 0.05) is 11.1 Å². The zero-order valence-corrected chi connectivity index (χ0v) is 25.7. The Bertz CT molecular complexity index is 1720. The standard InChI is InChI=1S/C24H16Cl2F12N8OS/c1-7-3-11(25)13(45-19(39)41-17(43-45)23(33,34)35)5-9(7)15(21(27,28)29)48(47)16(22(30,31)32)10-6-14(12(26)4-8(10)2)46-20(40)42-18(44-46)24(36,37)38/h3-6,15-16H,1-2H3,(H2,39,41,43)(H2,40,42,44). The zero-order valence-electron chi connectivity index (χ0n) is 23.4. The van der Waals surface area contributed by atoms with Crippen LogP contribution in [-0.2, 0) is 23.5 Å². The lowest BCUT2D eigenvalue weighted by Crippen LogP contribution is -2.38. The number of benzene rings is 2.